The van der Waals surface area contributed by atoms with Gasteiger partial charge in [-0.2, -0.15) is 5.26 Å². The van der Waals surface area contributed by atoms with E-state index < -0.39 is 0 Å². The number of carbonyl (C=O) groups is 1. The SMILES string of the molecule is C[C@@H]1C[C@H](C(N)=O)c2ccccc2N1Cc1ccc(C#N)cc1. The van der Waals surface area contributed by atoms with Crippen LogP contribution >= 0.6 is 0 Å². The summed E-state index contributed by atoms with van der Waals surface area (Å²) in [6.07, 6.45) is 0.725. The molecule has 1 heterocycles. The van der Waals surface area contributed by atoms with Crippen LogP contribution < -0.4 is 10.6 Å². The first kappa shape index (κ1) is 15.1. The van der Waals surface area contributed by atoms with Gasteiger partial charge in [0.1, 0.15) is 0 Å². The summed E-state index contributed by atoms with van der Waals surface area (Å²) in [5.74, 6) is -0.485. The predicted molar refractivity (Wildman–Crippen MR) is 89.8 cm³/mol. The first-order chi connectivity index (χ1) is 11.1. The fourth-order valence-corrected chi connectivity index (χ4v) is 3.27. The highest BCUT2D eigenvalue weighted by Gasteiger charge is 2.32. The number of benzene rings is 2. The average Bonchev–Trinajstić information content (AvgIpc) is 2.57. The Labute approximate surface area is 136 Å². The van der Waals surface area contributed by atoms with Gasteiger partial charge < -0.3 is 10.6 Å². The van der Waals surface area contributed by atoms with Crippen LogP contribution in [0.5, 0.6) is 0 Å². The van der Waals surface area contributed by atoms with E-state index in [0.717, 1.165) is 29.8 Å². The maximum absolute atomic E-state index is 11.8. The third kappa shape index (κ3) is 2.91. The van der Waals surface area contributed by atoms with E-state index in [1.807, 2.05) is 48.5 Å². The molecule has 1 amide bonds. The van der Waals surface area contributed by atoms with Crippen LogP contribution in [0.2, 0.25) is 0 Å². The van der Waals surface area contributed by atoms with Crippen molar-refractivity contribution in [2.75, 3.05) is 4.90 Å². The molecule has 0 aliphatic carbocycles. The van der Waals surface area contributed by atoms with Gasteiger partial charge in [-0.1, -0.05) is 30.3 Å². The third-order valence-electron chi connectivity index (χ3n) is 4.51. The van der Waals surface area contributed by atoms with E-state index in [0.29, 0.717) is 5.56 Å². The molecule has 116 valence electrons. The third-order valence-corrected chi connectivity index (χ3v) is 4.51. The lowest BCUT2D eigenvalue weighted by molar-refractivity contribution is -0.119. The van der Waals surface area contributed by atoms with Crippen molar-refractivity contribution in [1.29, 1.82) is 5.26 Å². The van der Waals surface area contributed by atoms with E-state index in [1.54, 1.807) is 0 Å². The molecule has 1 aliphatic rings. The number of primary amides is 1. The lowest BCUT2D eigenvalue weighted by atomic mass is 9.85. The largest absolute Gasteiger partial charge is 0.369 e. The zero-order valence-electron chi connectivity index (χ0n) is 13.1. The second kappa shape index (κ2) is 6.13. The van der Waals surface area contributed by atoms with Crippen molar-refractivity contribution in [2.45, 2.75) is 31.8 Å². The van der Waals surface area contributed by atoms with Crippen LogP contribution in [0.15, 0.2) is 48.5 Å². The Hall–Kier alpha value is -2.80. The fourth-order valence-electron chi connectivity index (χ4n) is 3.27. The zero-order valence-corrected chi connectivity index (χ0v) is 13.1. The van der Waals surface area contributed by atoms with E-state index in [2.05, 4.69) is 17.9 Å². The molecular weight excluding hydrogens is 286 g/mol. The molecule has 1 aliphatic heterocycles. The number of nitrogens with zero attached hydrogens (tertiary/aromatic N) is 2. The number of para-hydroxylation sites is 1. The Balaban J connectivity index is 1.93. The van der Waals surface area contributed by atoms with Crippen molar-refractivity contribution >= 4 is 11.6 Å². The van der Waals surface area contributed by atoms with Crippen molar-refractivity contribution < 1.29 is 4.79 Å². The highest BCUT2D eigenvalue weighted by Crippen LogP contribution is 2.38. The molecule has 0 fully saturated rings. The summed E-state index contributed by atoms with van der Waals surface area (Å²) in [5, 5.41) is 8.90. The number of hydrogen-bond acceptors (Lipinski definition) is 3. The molecule has 4 heteroatoms. The van der Waals surface area contributed by atoms with Gasteiger partial charge in [-0.25, -0.2) is 0 Å². The first-order valence-corrected chi connectivity index (χ1v) is 7.74. The van der Waals surface area contributed by atoms with E-state index >= 15 is 0 Å². The van der Waals surface area contributed by atoms with Crippen LogP contribution in [0.3, 0.4) is 0 Å². The molecule has 0 unspecified atom stereocenters. The topological polar surface area (TPSA) is 70.1 Å². The van der Waals surface area contributed by atoms with Gasteiger partial charge in [0.15, 0.2) is 0 Å². The van der Waals surface area contributed by atoms with Crippen LogP contribution in [0.1, 0.15) is 36.0 Å². The smallest absolute Gasteiger partial charge is 0.225 e. The molecule has 0 aromatic heterocycles. The summed E-state index contributed by atoms with van der Waals surface area (Å²) in [6.45, 7) is 2.87. The van der Waals surface area contributed by atoms with Gasteiger partial charge in [0.05, 0.1) is 17.6 Å². The minimum atomic E-state index is -0.262. The van der Waals surface area contributed by atoms with Gasteiger partial charge in [-0.3, -0.25) is 4.79 Å². The van der Waals surface area contributed by atoms with Gasteiger partial charge in [0.2, 0.25) is 5.91 Å². The van der Waals surface area contributed by atoms with E-state index in [-0.39, 0.29) is 17.9 Å². The number of amides is 1. The monoisotopic (exact) mass is 305 g/mol. The molecule has 3 rings (SSSR count). The van der Waals surface area contributed by atoms with Gasteiger partial charge >= 0.3 is 0 Å². The number of rotatable bonds is 3. The van der Waals surface area contributed by atoms with Crippen LogP contribution in [-0.4, -0.2) is 11.9 Å². The second-order valence-corrected chi connectivity index (χ2v) is 6.04. The molecule has 2 N–H and O–H groups in total. The van der Waals surface area contributed by atoms with Gasteiger partial charge in [-0.05, 0) is 42.7 Å². The molecule has 0 radical (unpaired) electrons. The van der Waals surface area contributed by atoms with Gasteiger partial charge in [0.25, 0.3) is 0 Å². The summed E-state index contributed by atoms with van der Waals surface area (Å²) < 4.78 is 0. The Morgan fingerprint density at radius 1 is 1.26 bits per heavy atom. The molecule has 0 saturated heterocycles. The number of hydrogen-bond donors (Lipinski definition) is 1. The highest BCUT2D eigenvalue weighted by molar-refractivity contribution is 5.85. The van der Waals surface area contributed by atoms with Crippen LogP contribution in [-0.2, 0) is 11.3 Å². The standard InChI is InChI=1S/C19H19N3O/c1-13-10-17(19(21)23)16-4-2-3-5-18(16)22(13)12-15-8-6-14(11-20)7-9-15/h2-9,13,17H,10,12H2,1H3,(H2,21,23)/t13-,17+/m1/s1. The van der Waals surface area contributed by atoms with Crippen LogP contribution in [0.4, 0.5) is 5.69 Å². The molecule has 0 spiro atoms. The van der Waals surface area contributed by atoms with Crippen molar-refractivity contribution in [3.05, 3.63) is 65.2 Å². The zero-order chi connectivity index (χ0) is 16.4. The summed E-state index contributed by atoms with van der Waals surface area (Å²) >= 11 is 0. The Morgan fingerprint density at radius 3 is 2.61 bits per heavy atom. The molecule has 2 atom stereocenters. The molecule has 2 aromatic carbocycles. The van der Waals surface area contributed by atoms with Crippen molar-refractivity contribution in [3.63, 3.8) is 0 Å². The van der Waals surface area contributed by atoms with Crippen LogP contribution in [0.25, 0.3) is 0 Å². The van der Waals surface area contributed by atoms with Crippen molar-refractivity contribution in [2.24, 2.45) is 5.73 Å². The summed E-state index contributed by atoms with van der Waals surface area (Å²) in [5.41, 5.74) is 9.46. The minimum Gasteiger partial charge on any atom is -0.369 e. The van der Waals surface area contributed by atoms with Crippen molar-refractivity contribution in [1.82, 2.24) is 0 Å². The summed E-state index contributed by atoms with van der Waals surface area (Å²) in [4.78, 5) is 14.1. The average molecular weight is 305 g/mol. The maximum atomic E-state index is 11.8. The maximum Gasteiger partial charge on any atom is 0.225 e. The van der Waals surface area contributed by atoms with Gasteiger partial charge in [-0.15, -0.1) is 0 Å². The number of nitriles is 1. The number of anilines is 1. The Morgan fingerprint density at radius 2 is 1.96 bits per heavy atom. The summed E-state index contributed by atoms with van der Waals surface area (Å²) in [7, 11) is 0. The molecule has 0 saturated carbocycles. The van der Waals surface area contributed by atoms with E-state index in [4.69, 9.17) is 11.0 Å². The second-order valence-electron chi connectivity index (χ2n) is 6.04. The Kier molecular flexibility index (Phi) is 4.03. The fraction of sp³-hybridized carbons (Fsp3) is 0.263. The Bertz CT molecular complexity index is 761. The number of nitrogens with two attached hydrogens (primary N) is 1. The quantitative estimate of drug-likeness (QED) is 0.947. The number of fused-ring (bicyclic) bond motifs is 1. The lowest BCUT2D eigenvalue weighted by Gasteiger charge is -2.40. The number of carbonyl (C=O) groups excluding carboxylic acids is 1. The highest BCUT2D eigenvalue weighted by atomic mass is 16.1. The first-order valence-electron chi connectivity index (χ1n) is 7.74. The molecular formula is C19H19N3O. The van der Waals surface area contributed by atoms with E-state index in [1.165, 1.54) is 0 Å². The summed E-state index contributed by atoms with van der Waals surface area (Å²) in [6, 6.07) is 18.0. The molecule has 23 heavy (non-hydrogen) atoms. The van der Waals surface area contributed by atoms with Crippen LogP contribution in [0, 0.1) is 11.3 Å². The van der Waals surface area contributed by atoms with Gasteiger partial charge in [0, 0.05) is 18.3 Å². The minimum absolute atomic E-state index is 0.220. The lowest BCUT2D eigenvalue weighted by Crippen LogP contribution is -2.41. The predicted octanol–water partition coefficient (Wildman–Crippen LogP) is 2.93. The van der Waals surface area contributed by atoms with E-state index in [9.17, 15) is 4.79 Å². The van der Waals surface area contributed by atoms with Crippen molar-refractivity contribution in [3.8, 4) is 6.07 Å². The molecule has 0 bridgehead atoms. The molecule has 4 nitrogen and oxygen atoms in total. The normalized spacial score (nSPS) is 19.7. The molecule has 2 aromatic rings.